The summed E-state index contributed by atoms with van der Waals surface area (Å²) in [6, 6.07) is 8.69. The maximum Gasteiger partial charge on any atom is 0.0904 e. The number of benzene rings is 1. The first-order chi connectivity index (χ1) is 6.86. The van der Waals surface area contributed by atoms with E-state index in [0.717, 1.165) is 19.8 Å². The number of hydrogen-bond acceptors (Lipinski definition) is 2. The van der Waals surface area contributed by atoms with Crippen LogP contribution in [0.1, 0.15) is 20.3 Å². The molecule has 0 aliphatic carbocycles. The maximum atomic E-state index is 2.46. The summed E-state index contributed by atoms with van der Waals surface area (Å²) in [5, 5.41) is 0. The minimum absolute atomic E-state index is 1.06. The minimum Gasteiger partial charge on any atom is -0.352 e. The van der Waals surface area contributed by atoms with Gasteiger partial charge in [0.15, 0.2) is 0 Å². The molecule has 2 heteroatoms. The Hall–Kier alpha value is -1.18. The van der Waals surface area contributed by atoms with E-state index < -0.39 is 0 Å². The maximum absolute atomic E-state index is 2.46. The van der Waals surface area contributed by atoms with Crippen molar-refractivity contribution in [1.82, 2.24) is 0 Å². The van der Waals surface area contributed by atoms with Crippen molar-refractivity contribution >= 4 is 11.4 Å². The fourth-order valence-electron chi connectivity index (χ4n) is 2.09. The average molecular weight is 190 g/mol. The van der Waals surface area contributed by atoms with E-state index in [0.29, 0.717) is 0 Å². The van der Waals surface area contributed by atoms with Gasteiger partial charge in [0.05, 0.1) is 18.0 Å². The van der Waals surface area contributed by atoms with E-state index in [9.17, 15) is 0 Å². The molecular formula is C12H18N2. The second kappa shape index (κ2) is 3.91. The molecule has 1 heterocycles. The predicted molar refractivity (Wildman–Crippen MR) is 62.0 cm³/mol. The van der Waals surface area contributed by atoms with Crippen molar-refractivity contribution in [3.8, 4) is 0 Å². The molecule has 0 fully saturated rings. The fraction of sp³-hybridized carbons (Fsp3) is 0.500. The number of hydrogen-bond donors (Lipinski definition) is 0. The highest BCUT2D eigenvalue weighted by atomic mass is 15.4. The molecule has 0 radical (unpaired) electrons. The Balaban J connectivity index is 2.29. The van der Waals surface area contributed by atoms with E-state index in [1.54, 1.807) is 0 Å². The van der Waals surface area contributed by atoms with Crippen LogP contribution in [0.15, 0.2) is 24.3 Å². The summed E-state index contributed by atoms with van der Waals surface area (Å²) in [5.74, 6) is 0. The average Bonchev–Trinajstić information content (AvgIpc) is 2.58. The van der Waals surface area contributed by atoms with E-state index in [-0.39, 0.29) is 0 Å². The van der Waals surface area contributed by atoms with Gasteiger partial charge in [-0.15, -0.1) is 0 Å². The van der Waals surface area contributed by atoms with Crippen LogP contribution in [0.3, 0.4) is 0 Å². The highest BCUT2D eigenvalue weighted by molar-refractivity contribution is 5.75. The van der Waals surface area contributed by atoms with E-state index in [1.165, 1.54) is 17.8 Å². The largest absolute Gasteiger partial charge is 0.352 e. The van der Waals surface area contributed by atoms with Gasteiger partial charge in [0.1, 0.15) is 0 Å². The highest BCUT2D eigenvalue weighted by Gasteiger charge is 2.22. The van der Waals surface area contributed by atoms with E-state index in [2.05, 4.69) is 47.9 Å². The fourth-order valence-corrected chi connectivity index (χ4v) is 2.09. The van der Waals surface area contributed by atoms with Gasteiger partial charge < -0.3 is 9.80 Å². The van der Waals surface area contributed by atoms with Crippen LogP contribution in [0.4, 0.5) is 11.4 Å². The van der Waals surface area contributed by atoms with Crippen molar-refractivity contribution < 1.29 is 0 Å². The van der Waals surface area contributed by atoms with Gasteiger partial charge in [-0.1, -0.05) is 19.1 Å². The third kappa shape index (κ3) is 1.45. The number of fused-ring (bicyclic) bond motifs is 1. The first kappa shape index (κ1) is 9.38. The first-order valence-electron chi connectivity index (χ1n) is 5.45. The molecule has 0 atom stereocenters. The zero-order valence-electron chi connectivity index (χ0n) is 9.03. The second-order valence-electron chi connectivity index (χ2n) is 3.75. The zero-order valence-corrected chi connectivity index (χ0v) is 9.03. The van der Waals surface area contributed by atoms with Gasteiger partial charge in [-0.25, -0.2) is 0 Å². The number of rotatable bonds is 3. The van der Waals surface area contributed by atoms with Crippen molar-refractivity contribution in [2.75, 3.05) is 29.6 Å². The van der Waals surface area contributed by atoms with Gasteiger partial charge in [-0.05, 0) is 25.5 Å². The molecule has 1 aliphatic rings. The molecule has 0 spiro atoms. The molecule has 0 bridgehead atoms. The molecule has 1 aromatic rings. The van der Waals surface area contributed by atoms with Gasteiger partial charge in [0, 0.05) is 13.1 Å². The molecule has 0 saturated carbocycles. The molecule has 1 aromatic carbocycles. The summed E-state index contributed by atoms with van der Waals surface area (Å²) in [5.41, 5.74) is 2.79. The van der Waals surface area contributed by atoms with Crippen LogP contribution in [-0.2, 0) is 0 Å². The lowest BCUT2D eigenvalue weighted by Crippen LogP contribution is -2.31. The van der Waals surface area contributed by atoms with Crippen molar-refractivity contribution in [1.29, 1.82) is 0 Å². The Morgan fingerprint density at radius 1 is 1.07 bits per heavy atom. The quantitative estimate of drug-likeness (QED) is 0.723. The summed E-state index contributed by atoms with van der Waals surface area (Å²) in [6.07, 6.45) is 1.21. The SMILES string of the molecule is CCCN1CN(CC)c2ccccc21. The Bertz CT molecular complexity index is 309. The van der Waals surface area contributed by atoms with Crippen molar-refractivity contribution in [2.45, 2.75) is 20.3 Å². The predicted octanol–water partition coefficient (Wildman–Crippen LogP) is 2.70. The standard InChI is InChI=1S/C12H18N2/c1-3-9-14-10-13(4-2)11-7-5-6-8-12(11)14/h5-8H,3-4,9-10H2,1-2H3. The van der Waals surface area contributed by atoms with E-state index in [1.807, 2.05) is 0 Å². The van der Waals surface area contributed by atoms with Gasteiger partial charge in [-0.2, -0.15) is 0 Å². The Kier molecular flexibility index (Phi) is 2.62. The van der Waals surface area contributed by atoms with Crippen molar-refractivity contribution in [3.05, 3.63) is 24.3 Å². The summed E-state index contributed by atoms with van der Waals surface area (Å²) < 4.78 is 0. The van der Waals surface area contributed by atoms with Crippen LogP contribution in [0.25, 0.3) is 0 Å². The lowest BCUT2D eigenvalue weighted by atomic mass is 10.2. The normalized spacial score (nSPS) is 14.7. The molecule has 2 rings (SSSR count). The third-order valence-corrected chi connectivity index (χ3v) is 2.78. The summed E-state index contributed by atoms with van der Waals surface area (Å²) >= 11 is 0. The molecule has 76 valence electrons. The topological polar surface area (TPSA) is 6.48 Å². The lowest BCUT2D eigenvalue weighted by Gasteiger charge is -2.19. The molecule has 0 amide bonds. The molecule has 0 N–H and O–H groups in total. The molecule has 0 saturated heterocycles. The van der Waals surface area contributed by atoms with Crippen LogP contribution < -0.4 is 9.80 Å². The van der Waals surface area contributed by atoms with Crippen LogP contribution in [0.5, 0.6) is 0 Å². The van der Waals surface area contributed by atoms with Crippen molar-refractivity contribution in [3.63, 3.8) is 0 Å². The molecule has 1 aliphatic heterocycles. The minimum atomic E-state index is 1.06. The Morgan fingerprint density at radius 2 is 1.71 bits per heavy atom. The number of nitrogens with zero attached hydrogens (tertiary/aromatic N) is 2. The monoisotopic (exact) mass is 190 g/mol. The van der Waals surface area contributed by atoms with Crippen molar-refractivity contribution in [2.24, 2.45) is 0 Å². The summed E-state index contributed by atoms with van der Waals surface area (Å²) in [6.45, 7) is 7.76. The van der Waals surface area contributed by atoms with E-state index >= 15 is 0 Å². The van der Waals surface area contributed by atoms with Crippen LogP contribution in [-0.4, -0.2) is 19.8 Å². The lowest BCUT2D eigenvalue weighted by molar-refractivity contribution is 0.759. The van der Waals surface area contributed by atoms with Crippen LogP contribution >= 0.6 is 0 Å². The molecule has 14 heavy (non-hydrogen) atoms. The van der Waals surface area contributed by atoms with Gasteiger partial charge >= 0.3 is 0 Å². The third-order valence-electron chi connectivity index (χ3n) is 2.78. The first-order valence-corrected chi connectivity index (χ1v) is 5.45. The smallest absolute Gasteiger partial charge is 0.0904 e. The second-order valence-corrected chi connectivity index (χ2v) is 3.75. The molecule has 0 aromatic heterocycles. The number of anilines is 2. The van der Waals surface area contributed by atoms with Gasteiger partial charge in [0.25, 0.3) is 0 Å². The van der Waals surface area contributed by atoms with Gasteiger partial charge in [0.2, 0.25) is 0 Å². The van der Waals surface area contributed by atoms with Crippen LogP contribution in [0, 0.1) is 0 Å². The van der Waals surface area contributed by atoms with Crippen LogP contribution in [0.2, 0.25) is 0 Å². The Labute approximate surface area is 86.1 Å². The van der Waals surface area contributed by atoms with Gasteiger partial charge in [-0.3, -0.25) is 0 Å². The van der Waals surface area contributed by atoms with E-state index in [4.69, 9.17) is 0 Å². The molecule has 0 unspecified atom stereocenters. The highest BCUT2D eigenvalue weighted by Crippen LogP contribution is 2.34. The molecular weight excluding hydrogens is 172 g/mol. The summed E-state index contributed by atoms with van der Waals surface area (Å²) in [4.78, 5) is 4.88. The number of para-hydroxylation sites is 2. The zero-order chi connectivity index (χ0) is 9.97. The summed E-state index contributed by atoms with van der Waals surface area (Å²) in [7, 11) is 0. The Morgan fingerprint density at radius 3 is 2.29 bits per heavy atom. The molecule has 2 nitrogen and oxygen atoms in total.